The molecule has 0 aliphatic carbocycles. The van der Waals surface area contributed by atoms with E-state index in [-0.39, 0.29) is 0 Å². The van der Waals surface area contributed by atoms with E-state index in [2.05, 4.69) is 29.2 Å². The molecule has 0 saturated carbocycles. The molecule has 3 nitrogen and oxygen atoms in total. The zero-order valence-electron chi connectivity index (χ0n) is 12.0. The summed E-state index contributed by atoms with van der Waals surface area (Å²) in [5.74, 6) is 1.61. The second kappa shape index (κ2) is 5.53. The van der Waals surface area contributed by atoms with Gasteiger partial charge in [0.15, 0.2) is 11.5 Å². The summed E-state index contributed by atoms with van der Waals surface area (Å²) in [4.78, 5) is 4.55. The quantitative estimate of drug-likeness (QED) is 0.538. The lowest BCUT2D eigenvalue weighted by Crippen LogP contribution is -1.90. The molecule has 0 amide bonds. The van der Waals surface area contributed by atoms with Gasteiger partial charge in [0.1, 0.15) is 11.3 Å². The molecule has 2 heterocycles. The molecule has 0 aliphatic heterocycles. The van der Waals surface area contributed by atoms with E-state index < -0.39 is 0 Å². The zero-order chi connectivity index (χ0) is 14.8. The van der Waals surface area contributed by atoms with Gasteiger partial charge in [0.05, 0.1) is 6.26 Å². The first-order valence-corrected chi connectivity index (χ1v) is 7.36. The second-order valence-electron chi connectivity index (χ2n) is 5.25. The largest absolute Gasteiger partial charge is 0.464 e. The first-order chi connectivity index (χ1) is 10.9. The molecule has 0 bridgehead atoms. The van der Waals surface area contributed by atoms with Crippen molar-refractivity contribution < 1.29 is 8.83 Å². The highest BCUT2D eigenvalue weighted by atomic mass is 16.3. The zero-order valence-corrected chi connectivity index (χ0v) is 12.0. The third-order valence-electron chi connectivity index (χ3n) is 3.71. The van der Waals surface area contributed by atoms with E-state index in [1.54, 1.807) is 6.26 Å². The minimum Gasteiger partial charge on any atom is -0.464 e. The summed E-state index contributed by atoms with van der Waals surface area (Å²) in [5, 5.41) is 0. The van der Waals surface area contributed by atoms with E-state index >= 15 is 0 Å². The molecular weight excluding hydrogens is 274 g/mol. The molecule has 0 atom stereocenters. The van der Waals surface area contributed by atoms with Gasteiger partial charge in [-0.25, -0.2) is 4.98 Å². The Morgan fingerprint density at radius 1 is 0.864 bits per heavy atom. The number of furan rings is 1. The van der Waals surface area contributed by atoms with E-state index in [1.165, 1.54) is 5.56 Å². The lowest BCUT2D eigenvalue weighted by Gasteiger charge is -1.97. The van der Waals surface area contributed by atoms with Crippen LogP contribution in [0.3, 0.4) is 0 Å². The molecule has 0 spiro atoms. The van der Waals surface area contributed by atoms with Crippen molar-refractivity contribution in [1.29, 1.82) is 0 Å². The Bertz CT molecular complexity index is 876. The van der Waals surface area contributed by atoms with Crippen LogP contribution in [0.1, 0.15) is 11.5 Å². The van der Waals surface area contributed by atoms with Crippen molar-refractivity contribution in [3.63, 3.8) is 0 Å². The molecule has 0 aliphatic rings. The number of fused-ring (bicyclic) bond motifs is 1. The Balaban J connectivity index is 1.58. The Labute approximate surface area is 128 Å². The summed E-state index contributed by atoms with van der Waals surface area (Å²) in [7, 11) is 0. The highest BCUT2D eigenvalue weighted by molar-refractivity contribution is 5.78. The maximum atomic E-state index is 5.88. The molecule has 4 aromatic rings. The first kappa shape index (κ1) is 12.9. The van der Waals surface area contributed by atoms with Gasteiger partial charge in [-0.3, -0.25) is 0 Å². The van der Waals surface area contributed by atoms with E-state index in [9.17, 15) is 0 Å². The summed E-state index contributed by atoms with van der Waals surface area (Å²) in [6.07, 6.45) is 3.40. The van der Waals surface area contributed by atoms with Crippen molar-refractivity contribution >= 4 is 11.1 Å². The maximum absolute atomic E-state index is 5.88. The number of hydrogen-bond acceptors (Lipinski definition) is 3. The van der Waals surface area contributed by atoms with Crippen molar-refractivity contribution in [2.45, 2.75) is 12.8 Å². The summed E-state index contributed by atoms with van der Waals surface area (Å²) < 4.78 is 11.3. The topological polar surface area (TPSA) is 39.2 Å². The van der Waals surface area contributed by atoms with Crippen LogP contribution < -0.4 is 0 Å². The molecule has 108 valence electrons. The number of rotatable bonds is 4. The molecule has 2 aromatic heterocycles. The van der Waals surface area contributed by atoms with Crippen LogP contribution in [0.25, 0.3) is 22.4 Å². The van der Waals surface area contributed by atoms with Gasteiger partial charge in [0.25, 0.3) is 0 Å². The van der Waals surface area contributed by atoms with Crippen LogP contribution in [0.5, 0.6) is 0 Å². The molecule has 0 N–H and O–H groups in total. The third-order valence-corrected chi connectivity index (χ3v) is 3.71. The first-order valence-electron chi connectivity index (χ1n) is 7.36. The third kappa shape index (κ3) is 2.53. The number of aryl methyl sites for hydroxylation is 2. The van der Waals surface area contributed by atoms with Gasteiger partial charge in [0, 0.05) is 12.0 Å². The molecule has 3 heteroatoms. The van der Waals surface area contributed by atoms with Crippen molar-refractivity contribution in [1.82, 2.24) is 4.98 Å². The van der Waals surface area contributed by atoms with Crippen LogP contribution >= 0.6 is 0 Å². The highest BCUT2D eigenvalue weighted by Crippen LogP contribution is 2.25. The van der Waals surface area contributed by atoms with Gasteiger partial charge in [-0.15, -0.1) is 0 Å². The van der Waals surface area contributed by atoms with Gasteiger partial charge >= 0.3 is 0 Å². The van der Waals surface area contributed by atoms with Crippen LogP contribution in [-0.4, -0.2) is 4.98 Å². The molecule has 0 saturated heterocycles. The van der Waals surface area contributed by atoms with Gasteiger partial charge in [0.2, 0.25) is 0 Å². The summed E-state index contributed by atoms with van der Waals surface area (Å²) in [6, 6.07) is 20.2. The molecular formula is C19H15NO2. The molecule has 0 radical (unpaired) electrons. The standard InChI is InChI=1S/C19H15NO2/c1-2-5-14(6-3-1)8-11-19-20-16-10-9-15(13-18(16)22-19)17-7-4-12-21-17/h1-7,9-10,12-13H,8,11H2. The van der Waals surface area contributed by atoms with E-state index in [1.807, 2.05) is 36.4 Å². The van der Waals surface area contributed by atoms with E-state index in [0.29, 0.717) is 0 Å². The van der Waals surface area contributed by atoms with Gasteiger partial charge in [-0.2, -0.15) is 0 Å². The number of hydrogen-bond donors (Lipinski definition) is 0. The maximum Gasteiger partial charge on any atom is 0.195 e. The molecule has 0 fully saturated rings. The Kier molecular flexibility index (Phi) is 3.24. The SMILES string of the molecule is c1ccc(CCc2nc3ccc(-c4ccco4)cc3o2)cc1. The minimum atomic E-state index is 0.774. The number of benzene rings is 2. The summed E-state index contributed by atoms with van der Waals surface area (Å²) in [5.41, 5.74) is 3.99. The molecule has 2 aromatic carbocycles. The monoisotopic (exact) mass is 289 g/mol. The smallest absolute Gasteiger partial charge is 0.195 e. The normalized spacial score (nSPS) is 11.1. The van der Waals surface area contributed by atoms with Crippen molar-refractivity contribution in [3.8, 4) is 11.3 Å². The van der Waals surface area contributed by atoms with Gasteiger partial charge < -0.3 is 8.83 Å². The number of nitrogens with zero attached hydrogens (tertiary/aromatic N) is 1. The lowest BCUT2D eigenvalue weighted by molar-refractivity contribution is 0.528. The fourth-order valence-corrected chi connectivity index (χ4v) is 2.57. The second-order valence-corrected chi connectivity index (χ2v) is 5.25. The minimum absolute atomic E-state index is 0.774. The van der Waals surface area contributed by atoms with Gasteiger partial charge in [-0.1, -0.05) is 30.3 Å². The van der Waals surface area contributed by atoms with E-state index in [0.717, 1.165) is 41.2 Å². The highest BCUT2D eigenvalue weighted by Gasteiger charge is 2.08. The van der Waals surface area contributed by atoms with Crippen LogP contribution in [0.2, 0.25) is 0 Å². The predicted octanol–water partition coefficient (Wildman–Crippen LogP) is 4.87. The average Bonchev–Trinajstić information content (AvgIpc) is 3.22. The Hall–Kier alpha value is -2.81. The van der Waals surface area contributed by atoms with Crippen molar-refractivity contribution in [3.05, 3.63) is 78.4 Å². The fourth-order valence-electron chi connectivity index (χ4n) is 2.57. The van der Waals surface area contributed by atoms with E-state index in [4.69, 9.17) is 8.83 Å². The number of oxazole rings is 1. The van der Waals surface area contributed by atoms with Crippen LogP contribution in [-0.2, 0) is 12.8 Å². The summed E-state index contributed by atoms with van der Waals surface area (Å²) >= 11 is 0. The molecule has 22 heavy (non-hydrogen) atoms. The fraction of sp³-hybridized carbons (Fsp3) is 0.105. The van der Waals surface area contributed by atoms with Crippen LogP contribution in [0, 0.1) is 0 Å². The van der Waals surface area contributed by atoms with Crippen molar-refractivity contribution in [2.75, 3.05) is 0 Å². The van der Waals surface area contributed by atoms with Crippen molar-refractivity contribution in [2.24, 2.45) is 0 Å². The summed E-state index contributed by atoms with van der Waals surface area (Å²) in [6.45, 7) is 0. The average molecular weight is 289 g/mol. The Morgan fingerprint density at radius 3 is 2.59 bits per heavy atom. The Morgan fingerprint density at radius 2 is 1.77 bits per heavy atom. The number of aromatic nitrogens is 1. The van der Waals surface area contributed by atoms with Gasteiger partial charge in [-0.05, 0) is 42.3 Å². The lowest BCUT2D eigenvalue weighted by atomic mass is 10.1. The van der Waals surface area contributed by atoms with Crippen LogP contribution in [0.15, 0.2) is 75.8 Å². The molecule has 0 unspecified atom stereocenters. The molecule has 4 rings (SSSR count). The van der Waals surface area contributed by atoms with Crippen LogP contribution in [0.4, 0.5) is 0 Å². The predicted molar refractivity (Wildman–Crippen MR) is 85.6 cm³/mol.